The van der Waals surface area contributed by atoms with Crippen LogP contribution in [0.3, 0.4) is 0 Å². The number of nitrogens with zero attached hydrogens (tertiary/aromatic N) is 1. The van der Waals surface area contributed by atoms with Crippen LogP contribution < -0.4 is 5.32 Å². The predicted molar refractivity (Wildman–Crippen MR) is 67.8 cm³/mol. The first-order valence-electron chi connectivity index (χ1n) is 5.53. The molecule has 2 rings (SSSR count). The molecule has 2 aromatic rings. The lowest BCUT2D eigenvalue weighted by molar-refractivity contribution is 0.123. The maximum Gasteiger partial charge on any atom is 0.120 e. The summed E-state index contributed by atoms with van der Waals surface area (Å²) in [5.41, 5.74) is 1.07. The summed E-state index contributed by atoms with van der Waals surface area (Å²) in [4.78, 5) is 4.50. The van der Waals surface area contributed by atoms with E-state index in [2.05, 4.69) is 23.3 Å². The van der Waals surface area contributed by atoms with Gasteiger partial charge in [-0.05, 0) is 18.7 Å². The number of aromatic nitrogens is 1. The molecule has 1 N–H and O–H groups in total. The number of hydrogen-bond donors (Lipinski definition) is 1. The fourth-order valence-electron chi connectivity index (χ4n) is 1.46. The van der Waals surface area contributed by atoms with Crippen molar-refractivity contribution in [1.29, 1.82) is 0 Å². The van der Waals surface area contributed by atoms with Crippen LogP contribution in [0.15, 0.2) is 24.3 Å². The van der Waals surface area contributed by atoms with E-state index in [1.807, 2.05) is 18.2 Å². The summed E-state index contributed by atoms with van der Waals surface area (Å²) in [6.45, 7) is 5.34. The van der Waals surface area contributed by atoms with E-state index in [0.29, 0.717) is 6.61 Å². The Kier molecular flexibility index (Phi) is 4.27. The summed E-state index contributed by atoms with van der Waals surface area (Å²) in [6.07, 6.45) is 0. The van der Waals surface area contributed by atoms with Gasteiger partial charge < -0.3 is 10.1 Å². The third-order valence-corrected chi connectivity index (χ3v) is 3.25. The van der Waals surface area contributed by atoms with Gasteiger partial charge in [0.05, 0.1) is 23.4 Å². The van der Waals surface area contributed by atoms with Crippen molar-refractivity contribution >= 4 is 21.6 Å². The second-order valence-electron chi connectivity index (χ2n) is 3.48. The van der Waals surface area contributed by atoms with Gasteiger partial charge in [0.25, 0.3) is 0 Å². The SMILES string of the molecule is CCNCCOCc1nc2ccccc2s1. The molecule has 1 aromatic carbocycles. The van der Waals surface area contributed by atoms with Crippen molar-refractivity contribution in [3.63, 3.8) is 0 Å². The molecule has 0 aliphatic rings. The van der Waals surface area contributed by atoms with Crippen LogP contribution in [0.4, 0.5) is 0 Å². The molecule has 0 atom stereocenters. The number of nitrogens with one attached hydrogen (secondary N) is 1. The Hall–Kier alpha value is -0.970. The van der Waals surface area contributed by atoms with Gasteiger partial charge in [-0.3, -0.25) is 0 Å². The maximum atomic E-state index is 5.54. The van der Waals surface area contributed by atoms with Gasteiger partial charge in [-0.1, -0.05) is 19.1 Å². The molecule has 0 aliphatic heterocycles. The zero-order valence-corrected chi connectivity index (χ0v) is 10.2. The average Bonchev–Trinajstić information content (AvgIpc) is 2.71. The highest BCUT2D eigenvalue weighted by atomic mass is 32.1. The highest BCUT2D eigenvalue weighted by molar-refractivity contribution is 7.18. The molecule has 86 valence electrons. The maximum absolute atomic E-state index is 5.54. The molecule has 1 aromatic heterocycles. The Morgan fingerprint density at radius 2 is 2.25 bits per heavy atom. The standard InChI is InChI=1S/C12H16N2OS/c1-2-13-7-8-15-9-12-14-10-5-3-4-6-11(10)16-12/h3-6,13H,2,7-9H2,1H3. The molecule has 0 saturated carbocycles. The summed E-state index contributed by atoms with van der Waals surface area (Å²) in [6, 6.07) is 8.18. The molecule has 1 heterocycles. The van der Waals surface area contributed by atoms with Crippen molar-refractivity contribution in [2.75, 3.05) is 19.7 Å². The Labute approximate surface area is 99.5 Å². The zero-order valence-electron chi connectivity index (χ0n) is 9.40. The number of rotatable bonds is 6. The number of para-hydroxylation sites is 1. The second kappa shape index (κ2) is 5.94. The Balaban J connectivity index is 1.85. The van der Waals surface area contributed by atoms with Crippen molar-refractivity contribution in [3.05, 3.63) is 29.3 Å². The summed E-state index contributed by atoms with van der Waals surface area (Å²) in [5, 5.41) is 4.27. The predicted octanol–water partition coefficient (Wildman–Crippen LogP) is 2.42. The van der Waals surface area contributed by atoms with Crippen molar-refractivity contribution < 1.29 is 4.74 Å². The third-order valence-electron chi connectivity index (χ3n) is 2.24. The van der Waals surface area contributed by atoms with Crippen LogP contribution in [0.2, 0.25) is 0 Å². The fourth-order valence-corrected chi connectivity index (χ4v) is 2.37. The van der Waals surface area contributed by atoms with E-state index in [-0.39, 0.29) is 0 Å². The number of thiazole rings is 1. The second-order valence-corrected chi connectivity index (χ2v) is 4.60. The highest BCUT2D eigenvalue weighted by Gasteiger charge is 2.02. The first-order valence-corrected chi connectivity index (χ1v) is 6.34. The average molecular weight is 236 g/mol. The molecule has 0 spiro atoms. The van der Waals surface area contributed by atoms with Gasteiger partial charge in [0, 0.05) is 6.54 Å². The van der Waals surface area contributed by atoms with Crippen LogP contribution in [0.25, 0.3) is 10.2 Å². The van der Waals surface area contributed by atoms with Crippen molar-refractivity contribution in [1.82, 2.24) is 10.3 Å². The first kappa shape index (κ1) is 11.5. The van der Waals surface area contributed by atoms with Gasteiger partial charge in [-0.2, -0.15) is 0 Å². The molecule has 0 aliphatic carbocycles. The van der Waals surface area contributed by atoms with Gasteiger partial charge in [0.1, 0.15) is 5.01 Å². The number of fused-ring (bicyclic) bond motifs is 1. The largest absolute Gasteiger partial charge is 0.373 e. The van der Waals surface area contributed by atoms with E-state index in [1.54, 1.807) is 11.3 Å². The highest BCUT2D eigenvalue weighted by Crippen LogP contribution is 2.21. The molecule has 0 bridgehead atoms. The van der Waals surface area contributed by atoms with Gasteiger partial charge in [-0.15, -0.1) is 11.3 Å². The topological polar surface area (TPSA) is 34.1 Å². The molecule has 0 unspecified atom stereocenters. The monoisotopic (exact) mass is 236 g/mol. The molecule has 3 nitrogen and oxygen atoms in total. The summed E-state index contributed by atoms with van der Waals surface area (Å²) in [5.74, 6) is 0. The summed E-state index contributed by atoms with van der Waals surface area (Å²) in [7, 11) is 0. The van der Waals surface area contributed by atoms with Crippen LogP contribution in [-0.4, -0.2) is 24.7 Å². The van der Waals surface area contributed by atoms with Gasteiger partial charge in [0.15, 0.2) is 0 Å². The van der Waals surface area contributed by atoms with Gasteiger partial charge >= 0.3 is 0 Å². The van der Waals surface area contributed by atoms with E-state index in [1.165, 1.54) is 4.70 Å². The fraction of sp³-hybridized carbons (Fsp3) is 0.417. The van der Waals surface area contributed by atoms with E-state index in [4.69, 9.17) is 4.74 Å². The van der Waals surface area contributed by atoms with Crippen LogP contribution in [0.1, 0.15) is 11.9 Å². The van der Waals surface area contributed by atoms with Crippen molar-refractivity contribution in [2.45, 2.75) is 13.5 Å². The van der Waals surface area contributed by atoms with E-state index in [0.717, 1.165) is 30.2 Å². The Morgan fingerprint density at radius 3 is 3.06 bits per heavy atom. The molecule has 0 fully saturated rings. The lowest BCUT2D eigenvalue weighted by Crippen LogP contribution is -2.18. The van der Waals surface area contributed by atoms with Crippen molar-refractivity contribution in [3.8, 4) is 0 Å². The van der Waals surface area contributed by atoms with E-state index in [9.17, 15) is 0 Å². The van der Waals surface area contributed by atoms with Crippen molar-refractivity contribution in [2.24, 2.45) is 0 Å². The molecule has 0 saturated heterocycles. The molecule has 0 amide bonds. The van der Waals surface area contributed by atoms with Crippen LogP contribution in [0.5, 0.6) is 0 Å². The van der Waals surface area contributed by atoms with Crippen LogP contribution in [0, 0.1) is 0 Å². The molecule has 4 heteroatoms. The number of benzene rings is 1. The van der Waals surface area contributed by atoms with Gasteiger partial charge in [-0.25, -0.2) is 4.98 Å². The minimum absolute atomic E-state index is 0.616. The van der Waals surface area contributed by atoms with E-state index < -0.39 is 0 Å². The Bertz CT molecular complexity index is 408. The van der Waals surface area contributed by atoms with E-state index >= 15 is 0 Å². The van der Waals surface area contributed by atoms with Gasteiger partial charge in [0.2, 0.25) is 0 Å². The lowest BCUT2D eigenvalue weighted by Gasteiger charge is -2.01. The summed E-state index contributed by atoms with van der Waals surface area (Å²) >= 11 is 1.70. The quantitative estimate of drug-likeness (QED) is 0.782. The number of hydrogen-bond acceptors (Lipinski definition) is 4. The smallest absolute Gasteiger partial charge is 0.120 e. The Morgan fingerprint density at radius 1 is 1.38 bits per heavy atom. The molecule has 0 radical (unpaired) electrons. The normalized spacial score (nSPS) is 11.1. The zero-order chi connectivity index (χ0) is 11.2. The minimum Gasteiger partial charge on any atom is -0.373 e. The van der Waals surface area contributed by atoms with Crippen LogP contribution >= 0.6 is 11.3 Å². The first-order chi connectivity index (χ1) is 7.90. The molecular formula is C12H16N2OS. The number of ether oxygens (including phenoxy) is 1. The number of likely N-dealkylation sites (N-methyl/N-ethyl adjacent to an activating group) is 1. The molecular weight excluding hydrogens is 220 g/mol. The lowest BCUT2D eigenvalue weighted by atomic mass is 10.3. The minimum atomic E-state index is 0.616. The molecule has 16 heavy (non-hydrogen) atoms. The van der Waals surface area contributed by atoms with Crippen LogP contribution in [-0.2, 0) is 11.3 Å². The third kappa shape index (κ3) is 3.01. The summed E-state index contributed by atoms with van der Waals surface area (Å²) < 4.78 is 6.77.